The third-order valence-electron chi connectivity index (χ3n) is 10.4. The number of benzene rings is 4. The number of nitrogens with zero attached hydrogens (tertiary/aromatic N) is 4. The summed E-state index contributed by atoms with van der Waals surface area (Å²) in [4.78, 5) is 4.91. The van der Waals surface area contributed by atoms with Crippen molar-refractivity contribution in [2.75, 3.05) is 0 Å². The van der Waals surface area contributed by atoms with Gasteiger partial charge in [-0.15, -0.1) is 41.3 Å². The van der Waals surface area contributed by atoms with E-state index in [-0.39, 0.29) is 31.9 Å². The molecule has 280 valence electrons. The number of hydrogen-bond donors (Lipinski definition) is 0. The van der Waals surface area contributed by atoms with Crippen LogP contribution in [0, 0.1) is 26.0 Å². The second-order valence-corrected chi connectivity index (χ2v) is 16.5. The Labute approximate surface area is 336 Å². The van der Waals surface area contributed by atoms with Crippen LogP contribution in [-0.4, -0.2) is 19.3 Å². The molecule has 0 fully saturated rings. The van der Waals surface area contributed by atoms with Crippen molar-refractivity contribution in [1.29, 1.82) is 0 Å². The SMILES string of the molecule is CCCCCCc1ccc2c(c1)c1ccc(Oc3[c-]c(-n4nc(C)c(-c5ccccc5)c4C)cc(C(C)(C)C)c3)[c-]c1n2-c1cc(C(C)(C)C)ccn1.[Pt+2]. The number of aromatic nitrogens is 4. The van der Waals surface area contributed by atoms with E-state index < -0.39 is 0 Å². The van der Waals surface area contributed by atoms with E-state index >= 15 is 0 Å². The Morgan fingerprint density at radius 2 is 1.48 bits per heavy atom. The van der Waals surface area contributed by atoms with Crippen molar-refractivity contribution in [3.8, 4) is 34.1 Å². The molecule has 0 amide bonds. The van der Waals surface area contributed by atoms with E-state index in [0.29, 0.717) is 11.5 Å². The maximum Gasteiger partial charge on any atom is 2.00 e. The summed E-state index contributed by atoms with van der Waals surface area (Å²) in [7, 11) is 0. The van der Waals surface area contributed by atoms with Crippen LogP contribution in [-0.2, 0) is 38.3 Å². The fourth-order valence-electron chi connectivity index (χ4n) is 7.34. The molecule has 7 aromatic rings. The Morgan fingerprint density at radius 3 is 2.20 bits per heavy atom. The van der Waals surface area contributed by atoms with Gasteiger partial charge >= 0.3 is 21.1 Å². The monoisotopic (exact) mass is 895 g/mol. The molecule has 0 N–H and O–H groups in total. The van der Waals surface area contributed by atoms with Crippen molar-refractivity contribution in [3.63, 3.8) is 0 Å². The van der Waals surface area contributed by atoms with E-state index in [4.69, 9.17) is 14.8 Å². The molecule has 0 unspecified atom stereocenters. The van der Waals surface area contributed by atoms with Crippen LogP contribution in [0.3, 0.4) is 0 Å². The van der Waals surface area contributed by atoms with Gasteiger partial charge in [-0.3, -0.25) is 4.68 Å². The molecule has 3 aromatic heterocycles. The van der Waals surface area contributed by atoms with Gasteiger partial charge in [-0.25, -0.2) is 4.98 Å². The van der Waals surface area contributed by atoms with Crippen LogP contribution in [0.2, 0.25) is 0 Å². The molecule has 6 heteroatoms. The van der Waals surface area contributed by atoms with Crippen molar-refractivity contribution >= 4 is 21.8 Å². The summed E-state index contributed by atoms with van der Waals surface area (Å²) in [6.45, 7) is 19.9. The van der Waals surface area contributed by atoms with Crippen molar-refractivity contribution in [1.82, 2.24) is 19.3 Å². The molecule has 0 aliphatic carbocycles. The zero-order chi connectivity index (χ0) is 37.5. The zero-order valence-corrected chi connectivity index (χ0v) is 35.5. The first-order valence-electron chi connectivity index (χ1n) is 19.2. The molecule has 0 atom stereocenters. The molecule has 0 aliphatic rings. The topological polar surface area (TPSA) is 44.9 Å². The molecule has 0 bridgehead atoms. The minimum atomic E-state index is -0.127. The Bertz CT molecular complexity index is 2410. The van der Waals surface area contributed by atoms with Crippen LogP contribution < -0.4 is 4.74 Å². The maximum absolute atomic E-state index is 6.72. The molecule has 0 aliphatic heterocycles. The van der Waals surface area contributed by atoms with Gasteiger partial charge in [0.1, 0.15) is 5.82 Å². The normalized spacial score (nSPS) is 12.0. The van der Waals surface area contributed by atoms with E-state index in [9.17, 15) is 0 Å². The van der Waals surface area contributed by atoms with Gasteiger partial charge in [0, 0.05) is 34.5 Å². The summed E-state index contributed by atoms with van der Waals surface area (Å²) in [5, 5.41) is 7.35. The molecule has 7 rings (SSSR count). The first-order valence-corrected chi connectivity index (χ1v) is 19.2. The number of hydrogen-bond acceptors (Lipinski definition) is 3. The number of fused-ring (bicyclic) bond motifs is 3. The second kappa shape index (κ2) is 15.7. The van der Waals surface area contributed by atoms with Gasteiger partial charge in [0.2, 0.25) is 0 Å². The molecule has 0 radical (unpaired) electrons. The van der Waals surface area contributed by atoms with Crippen LogP contribution in [0.25, 0.3) is 44.4 Å². The van der Waals surface area contributed by atoms with E-state index in [1.807, 2.05) is 23.0 Å². The molecule has 4 aromatic carbocycles. The molecule has 3 heterocycles. The molecular weight excluding hydrogens is 844 g/mol. The molecular formula is C48H52N4OPt. The van der Waals surface area contributed by atoms with E-state index in [1.165, 1.54) is 42.2 Å². The average Bonchev–Trinajstić information content (AvgIpc) is 3.61. The van der Waals surface area contributed by atoms with Crippen LogP contribution in [0.5, 0.6) is 11.5 Å². The molecule has 5 nitrogen and oxygen atoms in total. The minimum Gasteiger partial charge on any atom is -0.509 e. The Hall–Kier alpha value is -4.47. The Morgan fingerprint density at radius 1 is 0.722 bits per heavy atom. The minimum absolute atomic E-state index is 0. The predicted molar refractivity (Wildman–Crippen MR) is 220 cm³/mol. The second-order valence-electron chi connectivity index (χ2n) is 16.5. The first-order chi connectivity index (χ1) is 25.3. The number of pyridine rings is 1. The van der Waals surface area contributed by atoms with Crippen LogP contribution in [0.4, 0.5) is 0 Å². The van der Waals surface area contributed by atoms with Crippen molar-refractivity contribution < 1.29 is 25.8 Å². The Kier molecular flexibility index (Phi) is 11.4. The van der Waals surface area contributed by atoms with Gasteiger partial charge in [0.05, 0.1) is 5.69 Å². The molecule has 0 saturated heterocycles. The number of rotatable bonds is 10. The number of unbranched alkanes of at least 4 members (excludes halogenated alkanes) is 3. The van der Waals surface area contributed by atoms with Gasteiger partial charge in [0.25, 0.3) is 0 Å². The molecule has 0 saturated carbocycles. The quantitative estimate of drug-likeness (QED) is 0.101. The zero-order valence-electron chi connectivity index (χ0n) is 33.2. The smallest absolute Gasteiger partial charge is 0.509 e. The van der Waals surface area contributed by atoms with Gasteiger partial charge < -0.3 is 9.30 Å². The summed E-state index contributed by atoms with van der Waals surface area (Å²) >= 11 is 0. The van der Waals surface area contributed by atoms with Crippen LogP contribution in [0.1, 0.15) is 102 Å². The molecule has 54 heavy (non-hydrogen) atoms. The van der Waals surface area contributed by atoms with Gasteiger partial charge in [0.15, 0.2) is 0 Å². The van der Waals surface area contributed by atoms with Crippen molar-refractivity contribution in [2.45, 2.75) is 105 Å². The van der Waals surface area contributed by atoms with E-state index in [2.05, 4.69) is 152 Å². The van der Waals surface area contributed by atoms with E-state index in [1.54, 1.807) is 0 Å². The maximum atomic E-state index is 6.72. The van der Waals surface area contributed by atoms with E-state index in [0.717, 1.165) is 62.4 Å². The number of ether oxygens (including phenoxy) is 1. The van der Waals surface area contributed by atoms with Crippen LogP contribution >= 0.6 is 0 Å². The third-order valence-corrected chi connectivity index (χ3v) is 10.4. The standard InChI is InChI=1S/C48H52N4O.Pt/c1-10-11-12-14-17-34-20-23-43-42(26-34)41-22-21-39(31-44(41)51(43)45-29-36(24-25-49-45)47(4,5)6)53-40-28-37(48(7,8)9)27-38(30-40)52-33(3)46(32(2)50-52)35-18-15-13-16-19-35;/h13,15-16,18-29H,10-12,14,17H2,1-9H3;/q-2;+2. The summed E-state index contributed by atoms with van der Waals surface area (Å²) in [6, 6.07) is 37.5. The van der Waals surface area contributed by atoms with Gasteiger partial charge in [-0.1, -0.05) is 116 Å². The summed E-state index contributed by atoms with van der Waals surface area (Å²) in [5.74, 6) is 2.13. The van der Waals surface area contributed by atoms with Crippen molar-refractivity contribution in [3.05, 3.63) is 131 Å². The molecule has 0 spiro atoms. The number of aryl methyl sites for hydroxylation is 2. The Balaban J connectivity index is 0.00000497. The predicted octanol–water partition coefficient (Wildman–Crippen LogP) is 12.8. The fourth-order valence-corrected chi connectivity index (χ4v) is 7.34. The van der Waals surface area contributed by atoms with Crippen LogP contribution in [0.15, 0.2) is 91.1 Å². The third kappa shape index (κ3) is 7.98. The summed E-state index contributed by atoms with van der Waals surface area (Å²) in [6.07, 6.45) is 7.99. The first kappa shape index (κ1) is 39.2. The van der Waals surface area contributed by atoms with Crippen molar-refractivity contribution in [2.24, 2.45) is 0 Å². The fraction of sp³-hybridized carbons (Fsp3) is 0.333. The summed E-state index contributed by atoms with van der Waals surface area (Å²) in [5.41, 5.74) is 10.8. The van der Waals surface area contributed by atoms with Gasteiger partial charge in [-0.2, -0.15) is 11.2 Å². The van der Waals surface area contributed by atoms with Gasteiger partial charge in [-0.05, 0) is 83.5 Å². The largest absolute Gasteiger partial charge is 2.00 e. The average molecular weight is 896 g/mol. The summed E-state index contributed by atoms with van der Waals surface area (Å²) < 4.78 is 11.0.